The summed E-state index contributed by atoms with van der Waals surface area (Å²) < 4.78 is 25.1. The van der Waals surface area contributed by atoms with Gasteiger partial charge < -0.3 is 15.0 Å². The minimum Gasteiger partial charge on any atom is -0.393 e. The molecule has 0 aliphatic heterocycles. The molecule has 2 aliphatic carbocycles. The Labute approximate surface area is 208 Å². The third-order valence-corrected chi connectivity index (χ3v) is 8.68. The minimum absolute atomic E-state index is 0.0396. The number of hydrogen-bond donors (Lipinski definition) is 2. The largest absolute Gasteiger partial charge is 0.393 e. The first-order chi connectivity index (χ1) is 16.7. The fourth-order valence-electron chi connectivity index (χ4n) is 5.99. The molecule has 0 radical (unpaired) electrons. The number of sulfone groups is 1. The Kier molecular flexibility index (Phi) is 7.80. The highest BCUT2D eigenvalue weighted by atomic mass is 32.2. The minimum atomic E-state index is -3.01. The van der Waals surface area contributed by atoms with Gasteiger partial charge in [-0.3, -0.25) is 4.79 Å². The first-order valence-electron chi connectivity index (χ1n) is 12.5. The second-order valence-electron chi connectivity index (χ2n) is 10.3. The van der Waals surface area contributed by atoms with E-state index in [2.05, 4.69) is 16.0 Å². The van der Waals surface area contributed by atoms with Crippen LogP contribution < -0.4 is 5.32 Å². The number of carbonyl (C=O) groups is 1. The van der Waals surface area contributed by atoms with Crippen molar-refractivity contribution in [2.45, 2.75) is 64.0 Å². The molecular formula is C27H35N3O4S. The number of Topliss-reactive ketones (excluding diaryl/α,β-unsaturated/α-hetero) is 1. The van der Waals surface area contributed by atoms with Gasteiger partial charge in [0, 0.05) is 40.7 Å². The van der Waals surface area contributed by atoms with Gasteiger partial charge in [0.05, 0.1) is 24.3 Å². The number of nitriles is 1. The summed E-state index contributed by atoms with van der Waals surface area (Å²) >= 11 is 0. The Balaban J connectivity index is 1.52. The van der Waals surface area contributed by atoms with Crippen LogP contribution in [0.4, 0.5) is 0 Å². The second-order valence-corrected chi connectivity index (χ2v) is 12.5. The molecular weight excluding hydrogens is 462 g/mol. The molecule has 35 heavy (non-hydrogen) atoms. The molecule has 1 aromatic carbocycles. The summed E-state index contributed by atoms with van der Waals surface area (Å²) in [4.78, 5) is 13.3. The third kappa shape index (κ3) is 6.03. The molecule has 8 heteroatoms. The number of aromatic nitrogens is 1. The molecule has 2 fully saturated rings. The lowest BCUT2D eigenvalue weighted by Crippen LogP contribution is -2.45. The highest BCUT2D eigenvalue weighted by Gasteiger charge is 2.42. The van der Waals surface area contributed by atoms with Gasteiger partial charge in [-0.1, -0.05) is 0 Å². The van der Waals surface area contributed by atoms with Crippen molar-refractivity contribution in [1.29, 1.82) is 5.26 Å². The summed E-state index contributed by atoms with van der Waals surface area (Å²) in [5.41, 5.74) is 3.93. The van der Waals surface area contributed by atoms with Gasteiger partial charge in [0.1, 0.15) is 9.84 Å². The van der Waals surface area contributed by atoms with Crippen LogP contribution in [0.1, 0.15) is 65.8 Å². The van der Waals surface area contributed by atoms with Crippen LogP contribution in [0.5, 0.6) is 0 Å². The summed E-state index contributed by atoms with van der Waals surface area (Å²) in [6.45, 7) is 2.20. The second kappa shape index (κ2) is 10.7. The maximum atomic E-state index is 13.3. The zero-order valence-corrected chi connectivity index (χ0v) is 21.4. The molecule has 0 unspecified atom stereocenters. The summed E-state index contributed by atoms with van der Waals surface area (Å²) in [6, 6.07) is 11.6. The van der Waals surface area contributed by atoms with Gasteiger partial charge in [-0.25, -0.2) is 8.42 Å². The lowest BCUT2D eigenvalue weighted by atomic mass is 9.82. The standard InChI is InChI=1S/C27H35N3O4S/c1-18-25(26(32)17-29-27-20-8-9-21(27)14-24(31)13-20)15-23(5-3-4-12-35(2,33)34)30(18)22-10-6-19(16-28)7-11-22/h6-7,10-11,15,20-21,24,27,29,31H,3-5,8-9,12-14,17H2,1-2H3/t20-,21-,24?,27?/m1/s1. The lowest BCUT2D eigenvalue weighted by Gasteiger charge is -2.33. The van der Waals surface area contributed by atoms with Crippen molar-refractivity contribution in [3.63, 3.8) is 0 Å². The maximum absolute atomic E-state index is 13.3. The summed E-state index contributed by atoms with van der Waals surface area (Å²) in [6.07, 6.45) is 6.81. The first kappa shape index (κ1) is 25.6. The van der Waals surface area contributed by atoms with Crippen molar-refractivity contribution in [2.75, 3.05) is 18.6 Å². The molecule has 188 valence electrons. The predicted octanol–water partition coefficient (Wildman–Crippen LogP) is 3.35. The van der Waals surface area contributed by atoms with Crippen LogP contribution in [-0.4, -0.2) is 54.6 Å². The van der Waals surface area contributed by atoms with Crippen molar-refractivity contribution in [2.24, 2.45) is 11.8 Å². The number of aryl methyl sites for hydroxylation is 1. The molecule has 1 heterocycles. The van der Waals surface area contributed by atoms with Gasteiger partial charge in [-0.05, 0) is 94.0 Å². The van der Waals surface area contributed by atoms with Gasteiger partial charge in [0.15, 0.2) is 5.78 Å². The fraction of sp³-hybridized carbons (Fsp3) is 0.556. The van der Waals surface area contributed by atoms with Gasteiger partial charge in [-0.2, -0.15) is 5.26 Å². The van der Waals surface area contributed by atoms with Gasteiger partial charge >= 0.3 is 0 Å². The van der Waals surface area contributed by atoms with E-state index in [0.29, 0.717) is 48.3 Å². The zero-order valence-electron chi connectivity index (χ0n) is 20.5. The van der Waals surface area contributed by atoms with Gasteiger partial charge in [0.25, 0.3) is 0 Å². The SMILES string of the molecule is Cc1c(C(=O)CNC2[C@@H]3CC[C@@H]2CC(O)C3)cc(CCCCS(C)(=O)=O)n1-c1ccc(C#N)cc1. The molecule has 1 aromatic heterocycles. The topological polar surface area (TPSA) is 112 Å². The van der Waals surface area contributed by atoms with Crippen LogP contribution in [0.3, 0.4) is 0 Å². The molecule has 2 aromatic rings. The average molecular weight is 498 g/mol. The lowest BCUT2D eigenvalue weighted by molar-refractivity contribution is 0.0734. The number of nitrogens with one attached hydrogen (secondary N) is 1. The highest BCUT2D eigenvalue weighted by Crippen LogP contribution is 2.42. The molecule has 2 atom stereocenters. The molecule has 2 N–H and O–H groups in total. The molecule has 2 saturated carbocycles. The molecule has 7 nitrogen and oxygen atoms in total. The van der Waals surface area contributed by atoms with Crippen molar-refractivity contribution in [3.05, 3.63) is 52.8 Å². The number of nitrogens with zero attached hydrogens (tertiary/aromatic N) is 2. The Morgan fingerprint density at radius 1 is 1.17 bits per heavy atom. The Bertz CT molecular complexity index is 1200. The molecule has 2 aliphatic rings. The van der Waals surface area contributed by atoms with E-state index in [4.69, 9.17) is 5.26 Å². The number of aliphatic hydroxyl groups excluding tert-OH is 1. The van der Waals surface area contributed by atoms with E-state index in [1.165, 1.54) is 6.26 Å². The van der Waals surface area contributed by atoms with Crippen LogP contribution in [0.25, 0.3) is 5.69 Å². The smallest absolute Gasteiger partial charge is 0.178 e. The fourth-order valence-corrected chi connectivity index (χ4v) is 6.72. The van der Waals surface area contributed by atoms with E-state index in [-0.39, 0.29) is 24.2 Å². The number of rotatable bonds is 10. The molecule has 0 amide bonds. The van der Waals surface area contributed by atoms with Crippen molar-refractivity contribution in [3.8, 4) is 11.8 Å². The third-order valence-electron chi connectivity index (χ3n) is 7.65. The van der Waals surface area contributed by atoms with Crippen LogP contribution in [-0.2, 0) is 16.3 Å². The predicted molar refractivity (Wildman–Crippen MR) is 135 cm³/mol. The summed E-state index contributed by atoms with van der Waals surface area (Å²) in [5, 5.41) is 22.7. The number of carbonyl (C=O) groups excluding carboxylic acids is 1. The van der Waals surface area contributed by atoms with Crippen LogP contribution >= 0.6 is 0 Å². The van der Waals surface area contributed by atoms with Crippen LogP contribution in [0.2, 0.25) is 0 Å². The van der Waals surface area contributed by atoms with Gasteiger partial charge in [-0.15, -0.1) is 0 Å². The normalized spacial score (nSPS) is 23.8. The average Bonchev–Trinajstić information content (AvgIpc) is 3.27. The van der Waals surface area contributed by atoms with E-state index in [1.807, 2.05) is 25.1 Å². The van der Waals surface area contributed by atoms with E-state index in [0.717, 1.165) is 42.8 Å². The van der Waals surface area contributed by atoms with Gasteiger partial charge in [0.2, 0.25) is 0 Å². The maximum Gasteiger partial charge on any atom is 0.178 e. The van der Waals surface area contributed by atoms with E-state index >= 15 is 0 Å². The Morgan fingerprint density at radius 3 is 2.43 bits per heavy atom. The van der Waals surface area contributed by atoms with Crippen molar-refractivity contribution >= 4 is 15.6 Å². The molecule has 4 rings (SSSR count). The van der Waals surface area contributed by atoms with Crippen molar-refractivity contribution < 1.29 is 18.3 Å². The highest BCUT2D eigenvalue weighted by molar-refractivity contribution is 7.90. The van der Waals surface area contributed by atoms with E-state index < -0.39 is 9.84 Å². The summed E-state index contributed by atoms with van der Waals surface area (Å²) in [7, 11) is -3.01. The quantitative estimate of drug-likeness (QED) is 0.385. The first-order valence-corrected chi connectivity index (χ1v) is 14.6. The number of ketones is 1. The van der Waals surface area contributed by atoms with Crippen molar-refractivity contribution in [1.82, 2.24) is 9.88 Å². The molecule has 2 bridgehead atoms. The van der Waals surface area contributed by atoms with Crippen LogP contribution in [0, 0.1) is 30.1 Å². The number of aliphatic hydroxyl groups is 1. The zero-order chi connectivity index (χ0) is 25.2. The number of fused-ring (bicyclic) bond motifs is 2. The molecule has 0 saturated heterocycles. The monoisotopic (exact) mass is 497 g/mol. The number of unbranched alkanes of at least 4 members (excludes halogenated alkanes) is 1. The van der Waals surface area contributed by atoms with E-state index in [1.54, 1.807) is 12.1 Å². The molecule has 0 spiro atoms. The number of hydrogen-bond acceptors (Lipinski definition) is 6. The van der Waals surface area contributed by atoms with E-state index in [9.17, 15) is 18.3 Å². The Morgan fingerprint density at radius 2 is 1.83 bits per heavy atom. The van der Waals surface area contributed by atoms with Crippen LogP contribution in [0.15, 0.2) is 30.3 Å². The summed E-state index contributed by atoms with van der Waals surface area (Å²) in [5.74, 6) is 1.06. The Hall–Kier alpha value is -2.47. The number of benzene rings is 1.